The highest BCUT2D eigenvalue weighted by Crippen LogP contribution is 2.36. The summed E-state index contributed by atoms with van der Waals surface area (Å²) in [6.07, 6.45) is 5.17. The van der Waals surface area contributed by atoms with E-state index >= 15 is 0 Å². The maximum Gasteiger partial charge on any atom is 0.126 e. The lowest BCUT2D eigenvalue weighted by molar-refractivity contribution is 0.152. The molecule has 21 heavy (non-hydrogen) atoms. The molecule has 0 aromatic heterocycles. The molecule has 3 rings (SSSR count). The van der Waals surface area contributed by atoms with Crippen molar-refractivity contribution in [2.75, 3.05) is 19.6 Å². The molecule has 1 aromatic rings. The second kappa shape index (κ2) is 6.45. The highest BCUT2D eigenvalue weighted by molar-refractivity contribution is 5.26. The lowest BCUT2D eigenvalue weighted by Crippen LogP contribution is -2.38. The molecular weight excluding hydrogens is 263 g/mol. The Bertz CT molecular complexity index is 478. The minimum Gasteiger partial charge on any atom is -0.317 e. The fourth-order valence-corrected chi connectivity index (χ4v) is 3.45. The van der Waals surface area contributed by atoms with Crippen molar-refractivity contribution in [3.63, 3.8) is 0 Å². The van der Waals surface area contributed by atoms with Gasteiger partial charge in [-0.2, -0.15) is 0 Å². The van der Waals surface area contributed by atoms with Crippen LogP contribution >= 0.6 is 0 Å². The Morgan fingerprint density at radius 3 is 2.57 bits per heavy atom. The number of nitrogens with zero attached hydrogens (tertiary/aromatic N) is 1. The zero-order valence-corrected chi connectivity index (χ0v) is 13.2. The average Bonchev–Trinajstić information content (AvgIpc) is 3.33. The molecule has 3 heteroatoms. The SMILES string of the molecule is Cc1ccc(C(C)N(CC2CCNCC2)C2CC2)cc1F. The number of hydrogen-bond acceptors (Lipinski definition) is 2. The van der Waals surface area contributed by atoms with Crippen molar-refractivity contribution in [1.29, 1.82) is 0 Å². The van der Waals surface area contributed by atoms with Crippen LogP contribution in [0, 0.1) is 18.7 Å². The van der Waals surface area contributed by atoms with Crippen molar-refractivity contribution in [3.8, 4) is 0 Å². The predicted molar refractivity (Wildman–Crippen MR) is 84.9 cm³/mol. The van der Waals surface area contributed by atoms with Crippen molar-refractivity contribution in [2.24, 2.45) is 5.92 Å². The molecule has 0 spiro atoms. The first kappa shape index (κ1) is 15.0. The Labute approximate surface area is 127 Å². The molecule has 1 unspecified atom stereocenters. The van der Waals surface area contributed by atoms with E-state index in [2.05, 4.69) is 23.2 Å². The first-order valence-corrected chi connectivity index (χ1v) is 8.37. The van der Waals surface area contributed by atoms with Gasteiger partial charge in [-0.1, -0.05) is 12.1 Å². The summed E-state index contributed by atoms with van der Waals surface area (Å²) in [7, 11) is 0. The van der Waals surface area contributed by atoms with Gasteiger partial charge in [0, 0.05) is 18.6 Å². The fourth-order valence-electron chi connectivity index (χ4n) is 3.45. The molecule has 0 radical (unpaired) electrons. The van der Waals surface area contributed by atoms with Gasteiger partial charge in [0.2, 0.25) is 0 Å². The van der Waals surface area contributed by atoms with Crippen LogP contribution in [-0.2, 0) is 0 Å². The average molecular weight is 290 g/mol. The number of benzene rings is 1. The molecule has 1 atom stereocenters. The van der Waals surface area contributed by atoms with Gasteiger partial charge >= 0.3 is 0 Å². The van der Waals surface area contributed by atoms with Crippen LogP contribution in [0.5, 0.6) is 0 Å². The smallest absolute Gasteiger partial charge is 0.126 e. The molecule has 2 aliphatic rings. The van der Waals surface area contributed by atoms with Gasteiger partial charge in [0.15, 0.2) is 0 Å². The third-order valence-corrected chi connectivity index (χ3v) is 5.12. The van der Waals surface area contributed by atoms with Crippen LogP contribution in [0.3, 0.4) is 0 Å². The van der Waals surface area contributed by atoms with E-state index in [9.17, 15) is 4.39 Å². The highest BCUT2D eigenvalue weighted by atomic mass is 19.1. The van der Waals surface area contributed by atoms with Crippen LogP contribution in [0.4, 0.5) is 4.39 Å². The van der Waals surface area contributed by atoms with Crippen LogP contribution < -0.4 is 5.32 Å². The zero-order chi connectivity index (χ0) is 14.8. The number of hydrogen-bond donors (Lipinski definition) is 1. The third kappa shape index (κ3) is 3.64. The monoisotopic (exact) mass is 290 g/mol. The molecule has 2 fully saturated rings. The normalized spacial score (nSPS) is 21.7. The molecule has 1 aliphatic carbocycles. The first-order valence-electron chi connectivity index (χ1n) is 8.37. The van der Waals surface area contributed by atoms with Crippen LogP contribution in [0.1, 0.15) is 49.8 Å². The maximum atomic E-state index is 13.9. The second-order valence-electron chi connectivity index (χ2n) is 6.81. The summed E-state index contributed by atoms with van der Waals surface area (Å²) in [4.78, 5) is 2.63. The Hall–Kier alpha value is -0.930. The summed E-state index contributed by atoms with van der Waals surface area (Å²) in [6, 6.07) is 6.79. The summed E-state index contributed by atoms with van der Waals surface area (Å²) in [5, 5.41) is 3.44. The van der Waals surface area contributed by atoms with E-state index in [0.29, 0.717) is 6.04 Å². The molecule has 0 bridgehead atoms. The van der Waals surface area contributed by atoms with Crippen molar-refractivity contribution in [1.82, 2.24) is 10.2 Å². The summed E-state index contributed by atoms with van der Waals surface area (Å²) >= 11 is 0. The Morgan fingerprint density at radius 2 is 1.95 bits per heavy atom. The second-order valence-corrected chi connectivity index (χ2v) is 6.81. The summed E-state index contributed by atoms with van der Waals surface area (Å²) in [5.41, 5.74) is 1.86. The van der Waals surface area contributed by atoms with Gasteiger partial charge in [-0.25, -0.2) is 4.39 Å². The molecule has 1 aromatic carbocycles. The minimum absolute atomic E-state index is 0.0723. The van der Waals surface area contributed by atoms with Crippen molar-refractivity contribution in [2.45, 2.75) is 51.6 Å². The molecule has 1 N–H and O–H groups in total. The lowest BCUT2D eigenvalue weighted by Gasteiger charge is -2.34. The molecule has 0 amide bonds. The third-order valence-electron chi connectivity index (χ3n) is 5.12. The summed E-state index contributed by atoms with van der Waals surface area (Å²) in [5.74, 6) is 0.724. The van der Waals surface area contributed by atoms with E-state index in [-0.39, 0.29) is 5.82 Å². The van der Waals surface area contributed by atoms with E-state index in [1.807, 2.05) is 13.0 Å². The standard InChI is InChI=1S/C18H27FN2/c1-13-3-4-16(11-18(13)19)14(2)21(17-5-6-17)12-15-7-9-20-10-8-15/h3-4,11,14-15,17,20H,5-10,12H2,1-2H3. The molecule has 1 saturated carbocycles. The van der Waals surface area contributed by atoms with Gasteiger partial charge in [-0.05, 0) is 75.7 Å². The maximum absolute atomic E-state index is 13.9. The molecule has 1 heterocycles. The van der Waals surface area contributed by atoms with E-state index in [0.717, 1.165) is 36.2 Å². The van der Waals surface area contributed by atoms with E-state index in [4.69, 9.17) is 0 Å². The molecule has 1 aliphatic heterocycles. The predicted octanol–water partition coefficient (Wildman–Crippen LogP) is 3.66. The number of aryl methyl sites for hydroxylation is 1. The van der Waals surface area contributed by atoms with Gasteiger partial charge in [0.25, 0.3) is 0 Å². The Morgan fingerprint density at radius 1 is 1.24 bits per heavy atom. The number of piperidine rings is 1. The van der Waals surface area contributed by atoms with Gasteiger partial charge in [-0.3, -0.25) is 4.90 Å². The topological polar surface area (TPSA) is 15.3 Å². The Balaban J connectivity index is 1.71. The van der Waals surface area contributed by atoms with Crippen LogP contribution in [-0.4, -0.2) is 30.6 Å². The van der Waals surface area contributed by atoms with Crippen LogP contribution in [0.15, 0.2) is 18.2 Å². The molecule has 1 saturated heterocycles. The zero-order valence-electron chi connectivity index (χ0n) is 13.2. The largest absolute Gasteiger partial charge is 0.317 e. The van der Waals surface area contributed by atoms with Crippen LogP contribution in [0.2, 0.25) is 0 Å². The van der Waals surface area contributed by atoms with Crippen molar-refractivity contribution in [3.05, 3.63) is 35.1 Å². The molecule has 116 valence electrons. The molecular formula is C18H27FN2. The minimum atomic E-state index is -0.0723. The highest BCUT2D eigenvalue weighted by Gasteiger charge is 2.34. The fraction of sp³-hybridized carbons (Fsp3) is 0.667. The summed E-state index contributed by atoms with van der Waals surface area (Å²) < 4.78 is 13.9. The van der Waals surface area contributed by atoms with E-state index in [1.165, 1.54) is 32.2 Å². The van der Waals surface area contributed by atoms with Gasteiger partial charge < -0.3 is 5.32 Å². The van der Waals surface area contributed by atoms with Gasteiger partial charge in [-0.15, -0.1) is 0 Å². The molecule has 2 nitrogen and oxygen atoms in total. The van der Waals surface area contributed by atoms with E-state index < -0.39 is 0 Å². The first-order chi connectivity index (χ1) is 10.1. The number of rotatable bonds is 5. The van der Waals surface area contributed by atoms with Crippen molar-refractivity contribution < 1.29 is 4.39 Å². The Kier molecular flexibility index (Phi) is 4.60. The van der Waals surface area contributed by atoms with Gasteiger partial charge in [0.1, 0.15) is 5.82 Å². The summed E-state index contributed by atoms with van der Waals surface area (Å²) in [6.45, 7) is 7.54. The van der Waals surface area contributed by atoms with Crippen molar-refractivity contribution >= 4 is 0 Å². The van der Waals surface area contributed by atoms with E-state index in [1.54, 1.807) is 6.07 Å². The number of halogens is 1. The quantitative estimate of drug-likeness (QED) is 0.890. The van der Waals surface area contributed by atoms with Gasteiger partial charge in [0.05, 0.1) is 0 Å². The van der Waals surface area contributed by atoms with Crippen LogP contribution in [0.25, 0.3) is 0 Å². The number of nitrogens with one attached hydrogen (secondary N) is 1. The lowest BCUT2D eigenvalue weighted by atomic mass is 9.95.